The highest BCUT2D eigenvalue weighted by Gasteiger charge is 2.38. The first-order chi connectivity index (χ1) is 11.4. The lowest BCUT2D eigenvalue weighted by atomic mass is 10.00. The summed E-state index contributed by atoms with van der Waals surface area (Å²) in [6.07, 6.45) is 0.849. The minimum Gasteiger partial charge on any atom is -0.394 e. The van der Waals surface area contributed by atoms with Crippen molar-refractivity contribution >= 4 is 35.2 Å². The maximum absolute atomic E-state index is 12.1. The first-order valence-corrected chi connectivity index (χ1v) is 8.11. The fraction of sp³-hybridized carbons (Fsp3) is 0.438. The van der Waals surface area contributed by atoms with Crippen molar-refractivity contribution in [1.82, 2.24) is 5.32 Å². The summed E-state index contributed by atoms with van der Waals surface area (Å²) in [4.78, 5) is 12.1. The van der Waals surface area contributed by atoms with E-state index in [-0.39, 0.29) is 13.0 Å². The van der Waals surface area contributed by atoms with Gasteiger partial charge in [0.25, 0.3) is 0 Å². The van der Waals surface area contributed by atoms with Crippen molar-refractivity contribution < 1.29 is 24.5 Å². The van der Waals surface area contributed by atoms with Crippen LogP contribution >= 0.6 is 23.2 Å². The zero-order chi connectivity index (χ0) is 17.7. The highest BCUT2D eigenvalue weighted by atomic mass is 35.5. The summed E-state index contributed by atoms with van der Waals surface area (Å²) in [5.41, 5.74) is 0.712. The van der Waals surface area contributed by atoms with Gasteiger partial charge in [-0.05, 0) is 23.8 Å². The molecule has 1 aromatic rings. The summed E-state index contributed by atoms with van der Waals surface area (Å²) in [5.74, 6) is -0.418. The molecule has 0 spiro atoms. The second kappa shape index (κ2) is 8.80. The third-order valence-electron chi connectivity index (χ3n) is 3.65. The van der Waals surface area contributed by atoms with Crippen LogP contribution in [0.1, 0.15) is 12.0 Å². The molecular formula is C16H19Cl2NO5. The van der Waals surface area contributed by atoms with Crippen LogP contribution < -0.4 is 5.32 Å². The molecule has 4 atom stereocenters. The summed E-state index contributed by atoms with van der Waals surface area (Å²) < 4.78 is 10.6. The van der Waals surface area contributed by atoms with Crippen LogP contribution in [0, 0.1) is 0 Å². The van der Waals surface area contributed by atoms with E-state index in [1.165, 1.54) is 13.2 Å². The van der Waals surface area contributed by atoms with Crippen LogP contribution in [-0.4, -0.2) is 54.4 Å². The van der Waals surface area contributed by atoms with Gasteiger partial charge in [-0.1, -0.05) is 29.3 Å². The van der Waals surface area contributed by atoms with Gasteiger partial charge in [-0.2, -0.15) is 0 Å². The summed E-state index contributed by atoms with van der Waals surface area (Å²) in [5, 5.41) is 22.7. The van der Waals surface area contributed by atoms with Crippen LogP contribution in [0.5, 0.6) is 0 Å². The number of methoxy groups -OCH3 is 1. The van der Waals surface area contributed by atoms with E-state index in [0.717, 1.165) is 0 Å². The molecule has 0 bridgehead atoms. The topological polar surface area (TPSA) is 88.0 Å². The molecule has 3 N–H and O–H groups in total. The first kappa shape index (κ1) is 19.2. The molecule has 0 aromatic heterocycles. The minimum absolute atomic E-state index is 0.206. The molecule has 1 fully saturated rings. The van der Waals surface area contributed by atoms with E-state index in [9.17, 15) is 9.90 Å². The predicted octanol–water partition coefficient (Wildman–Crippen LogP) is 1.61. The summed E-state index contributed by atoms with van der Waals surface area (Å²) in [6, 6.07) is 4.26. The van der Waals surface area contributed by atoms with Gasteiger partial charge < -0.3 is 25.0 Å². The number of rotatable bonds is 5. The highest BCUT2D eigenvalue weighted by molar-refractivity contribution is 6.42. The van der Waals surface area contributed by atoms with E-state index < -0.39 is 30.4 Å². The van der Waals surface area contributed by atoms with Gasteiger partial charge in [0.1, 0.15) is 6.04 Å². The zero-order valence-corrected chi connectivity index (χ0v) is 14.5. The molecule has 0 radical (unpaired) electrons. The van der Waals surface area contributed by atoms with Gasteiger partial charge >= 0.3 is 0 Å². The van der Waals surface area contributed by atoms with Crippen molar-refractivity contribution in [2.45, 2.75) is 31.0 Å². The van der Waals surface area contributed by atoms with Crippen molar-refractivity contribution in [2.75, 3.05) is 13.7 Å². The van der Waals surface area contributed by atoms with Crippen molar-refractivity contribution in [3.63, 3.8) is 0 Å². The van der Waals surface area contributed by atoms with Gasteiger partial charge in [-0.15, -0.1) is 0 Å². The molecular weight excluding hydrogens is 357 g/mol. The summed E-state index contributed by atoms with van der Waals surface area (Å²) in [6.45, 7) is -0.227. The van der Waals surface area contributed by atoms with Crippen LogP contribution in [0.4, 0.5) is 0 Å². The van der Waals surface area contributed by atoms with Crippen molar-refractivity contribution in [1.29, 1.82) is 0 Å². The number of hydrogen-bond donors (Lipinski definition) is 3. The van der Waals surface area contributed by atoms with Gasteiger partial charge in [0, 0.05) is 19.6 Å². The van der Waals surface area contributed by atoms with Crippen molar-refractivity contribution in [2.24, 2.45) is 0 Å². The number of amides is 1. The fourth-order valence-corrected chi connectivity index (χ4v) is 2.72. The Balaban J connectivity index is 1.99. The number of hydrogen-bond acceptors (Lipinski definition) is 5. The molecule has 1 amide bonds. The number of carbonyl (C=O) groups excluding carboxylic acids is 1. The lowest BCUT2D eigenvalue weighted by molar-refractivity contribution is -0.226. The third-order valence-corrected chi connectivity index (χ3v) is 4.39. The third kappa shape index (κ3) is 4.92. The van der Waals surface area contributed by atoms with Gasteiger partial charge in [-0.3, -0.25) is 4.79 Å². The van der Waals surface area contributed by atoms with Crippen molar-refractivity contribution in [3.05, 3.63) is 39.9 Å². The maximum atomic E-state index is 12.1. The van der Waals surface area contributed by atoms with E-state index in [0.29, 0.717) is 15.6 Å². The Bertz CT molecular complexity index is 610. The van der Waals surface area contributed by atoms with E-state index in [1.807, 2.05) is 0 Å². The Kier molecular flexibility index (Phi) is 7.03. The monoisotopic (exact) mass is 375 g/mol. The van der Waals surface area contributed by atoms with Crippen LogP contribution in [0.25, 0.3) is 6.08 Å². The van der Waals surface area contributed by atoms with Crippen LogP contribution in [-0.2, 0) is 14.3 Å². The highest BCUT2D eigenvalue weighted by Crippen LogP contribution is 2.23. The molecule has 1 saturated heterocycles. The smallest absolute Gasteiger partial charge is 0.244 e. The second-order valence-corrected chi connectivity index (χ2v) is 6.20. The number of aliphatic hydroxyl groups is 2. The predicted molar refractivity (Wildman–Crippen MR) is 90.8 cm³/mol. The van der Waals surface area contributed by atoms with Crippen molar-refractivity contribution in [3.8, 4) is 0 Å². The zero-order valence-electron chi connectivity index (χ0n) is 13.0. The Morgan fingerprint density at radius 3 is 2.83 bits per heavy atom. The number of carbonyl (C=O) groups is 1. The molecule has 1 heterocycles. The molecule has 6 nitrogen and oxygen atoms in total. The molecule has 24 heavy (non-hydrogen) atoms. The van der Waals surface area contributed by atoms with E-state index in [4.69, 9.17) is 37.8 Å². The van der Waals surface area contributed by atoms with Gasteiger partial charge in [0.05, 0.1) is 28.9 Å². The normalized spacial score (nSPS) is 27.4. The maximum Gasteiger partial charge on any atom is 0.244 e. The van der Waals surface area contributed by atoms with Gasteiger partial charge in [0.2, 0.25) is 5.91 Å². The molecule has 2 rings (SSSR count). The molecule has 0 aliphatic carbocycles. The molecule has 1 aromatic carbocycles. The lowest BCUT2D eigenvalue weighted by Crippen LogP contribution is -2.58. The van der Waals surface area contributed by atoms with Crippen LogP contribution in [0.3, 0.4) is 0 Å². The largest absolute Gasteiger partial charge is 0.394 e. The standard InChI is InChI=1S/C16H19Cl2NO5/c1-23-16-15(13(21)7-10(8-20)24-16)19-14(22)5-3-9-2-4-11(17)12(18)6-9/h2-6,10,13,15-16,20-21H,7-8H2,1H3,(H,19,22)/b5-3+/t10-,13-,15+,16?/m0/s1. The number of halogens is 2. The first-order valence-electron chi connectivity index (χ1n) is 7.35. The molecule has 1 unspecified atom stereocenters. The van der Waals surface area contributed by atoms with E-state index in [1.54, 1.807) is 24.3 Å². The average molecular weight is 376 g/mol. The Morgan fingerprint density at radius 2 is 2.21 bits per heavy atom. The second-order valence-electron chi connectivity index (χ2n) is 5.39. The number of nitrogens with one attached hydrogen (secondary N) is 1. The Hall–Kier alpha value is -1.15. The van der Waals surface area contributed by atoms with Gasteiger partial charge in [-0.25, -0.2) is 0 Å². The van der Waals surface area contributed by atoms with E-state index in [2.05, 4.69) is 5.32 Å². The number of aliphatic hydroxyl groups excluding tert-OH is 2. The minimum atomic E-state index is -0.886. The average Bonchev–Trinajstić information content (AvgIpc) is 2.57. The van der Waals surface area contributed by atoms with Crippen LogP contribution in [0.2, 0.25) is 10.0 Å². The molecule has 1 aliphatic rings. The molecule has 0 saturated carbocycles. The van der Waals surface area contributed by atoms with Gasteiger partial charge in [0.15, 0.2) is 6.29 Å². The van der Waals surface area contributed by atoms with E-state index >= 15 is 0 Å². The van der Waals surface area contributed by atoms with Crippen LogP contribution in [0.15, 0.2) is 24.3 Å². The SMILES string of the molecule is COC1O[C@H](CO)C[C@H](O)[C@H]1NC(=O)/C=C/c1ccc(Cl)c(Cl)c1. The fourth-order valence-electron chi connectivity index (χ4n) is 2.41. The molecule has 8 heteroatoms. The molecule has 132 valence electrons. The summed E-state index contributed by atoms with van der Waals surface area (Å²) >= 11 is 11.8. The Morgan fingerprint density at radius 1 is 1.46 bits per heavy atom. The Labute approximate surface area is 150 Å². The molecule has 1 aliphatic heterocycles. The number of benzene rings is 1. The summed E-state index contributed by atoms with van der Waals surface area (Å²) in [7, 11) is 1.40. The lowest BCUT2D eigenvalue weighted by Gasteiger charge is -2.38. The quantitative estimate of drug-likeness (QED) is 0.680. The number of ether oxygens (including phenoxy) is 2.